The van der Waals surface area contributed by atoms with Crippen LogP contribution in [0, 0.1) is 0 Å². The summed E-state index contributed by atoms with van der Waals surface area (Å²) >= 11 is 1.65. The molecule has 0 aliphatic carbocycles. The molecule has 1 amide bonds. The van der Waals surface area contributed by atoms with Crippen molar-refractivity contribution >= 4 is 17.2 Å². The van der Waals surface area contributed by atoms with Crippen molar-refractivity contribution in [1.29, 1.82) is 0 Å². The van der Waals surface area contributed by atoms with Crippen molar-refractivity contribution < 1.29 is 4.79 Å². The molecule has 4 rings (SSSR count). The van der Waals surface area contributed by atoms with Gasteiger partial charge in [0.2, 0.25) is 0 Å². The van der Waals surface area contributed by atoms with Gasteiger partial charge in [-0.1, -0.05) is 6.07 Å². The summed E-state index contributed by atoms with van der Waals surface area (Å²) in [6.45, 7) is 1.13. The highest BCUT2D eigenvalue weighted by atomic mass is 32.1. The van der Waals surface area contributed by atoms with Crippen LogP contribution in [0.25, 0.3) is 16.9 Å². The van der Waals surface area contributed by atoms with Gasteiger partial charge in [-0.15, -0.1) is 0 Å². The van der Waals surface area contributed by atoms with E-state index in [9.17, 15) is 4.79 Å². The van der Waals surface area contributed by atoms with Gasteiger partial charge in [-0.25, -0.2) is 4.68 Å². The molecule has 26 heavy (non-hydrogen) atoms. The Morgan fingerprint density at radius 2 is 2.12 bits per heavy atom. The SMILES string of the molecule is O=C(NCCn1ccc(-c2ccsc2)n1)c1cccc(-n2cccn2)c1. The first-order valence-corrected chi connectivity index (χ1v) is 9.18. The van der Waals surface area contributed by atoms with Crippen LogP contribution in [0.1, 0.15) is 10.4 Å². The number of nitrogens with one attached hydrogen (secondary N) is 1. The number of thiophene rings is 1. The number of aromatic nitrogens is 4. The van der Waals surface area contributed by atoms with Crippen LogP contribution in [0.5, 0.6) is 0 Å². The zero-order valence-electron chi connectivity index (χ0n) is 13.9. The van der Waals surface area contributed by atoms with Gasteiger partial charge >= 0.3 is 0 Å². The number of carbonyl (C=O) groups is 1. The van der Waals surface area contributed by atoms with E-state index in [0.717, 1.165) is 16.9 Å². The highest BCUT2D eigenvalue weighted by molar-refractivity contribution is 7.08. The van der Waals surface area contributed by atoms with E-state index in [1.54, 1.807) is 28.3 Å². The second-order valence-corrected chi connectivity index (χ2v) is 6.51. The Bertz CT molecular complexity index is 989. The Morgan fingerprint density at radius 3 is 2.92 bits per heavy atom. The minimum Gasteiger partial charge on any atom is -0.350 e. The zero-order valence-corrected chi connectivity index (χ0v) is 14.8. The third kappa shape index (κ3) is 3.57. The van der Waals surface area contributed by atoms with Gasteiger partial charge in [0.15, 0.2) is 0 Å². The van der Waals surface area contributed by atoms with Crippen LogP contribution in [-0.2, 0) is 6.54 Å². The fourth-order valence-corrected chi connectivity index (χ4v) is 3.30. The monoisotopic (exact) mass is 363 g/mol. The summed E-state index contributed by atoms with van der Waals surface area (Å²) in [6.07, 6.45) is 5.48. The van der Waals surface area contributed by atoms with Crippen LogP contribution in [-0.4, -0.2) is 32.0 Å². The minimum atomic E-state index is -0.107. The van der Waals surface area contributed by atoms with Gasteiger partial charge in [-0.3, -0.25) is 9.48 Å². The van der Waals surface area contributed by atoms with Crippen LogP contribution < -0.4 is 5.32 Å². The van der Waals surface area contributed by atoms with E-state index in [4.69, 9.17) is 0 Å². The smallest absolute Gasteiger partial charge is 0.251 e. The first kappa shape index (κ1) is 16.3. The summed E-state index contributed by atoms with van der Waals surface area (Å²) in [7, 11) is 0. The van der Waals surface area contributed by atoms with Crippen LogP contribution >= 0.6 is 11.3 Å². The summed E-state index contributed by atoms with van der Waals surface area (Å²) in [5.74, 6) is -0.107. The normalized spacial score (nSPS) is 10.8. The van der Waals surface area contributed by atoms with Crippen molar-refractivity contribution in [3.8, 4) is 16.9 Å². The topological polar surface area (TPSA) is 64.7 Å². The molecule has 3 aromatic heterocycles. The number of carbonyl (C=O) groups excluding carboxylic acids is 1. The molecule has 0 saturated heterocycles. The lowest BCUT2D eigenvalue weighted by Crippen LogP contribution is -2.27. The molecule has 0 unspecified atom stereocenters. The van der Waals surface area contributed by atoms with Crippen molar-refractivity contribution in [2.24, 2.45) is 0 Å². The highest BCUT2D eigenvalue weighted by Crippen LogP contribution is 2.19. The molecule has 0 radical (unpaired) electrons. The number of benzene rings is 1. The molecule has 0 spiro atoms. The van der Waals surface area contributed by atoms with Gasteiger partial charge < -0.3 is 5.32 Å². The molecule has 4 aromatic rings. The van der Waals surface area contributed by atoms with Crippen LogP contribution in [0.4, 0.5) is 0 Å². The third-order valence-electron chi connectivity index (χ3n) is 3.96. The van der Waals surface area contributed by atoms with Crippen molar-refractivity contribution in [1.82, 2.24) is 24.9 Å². The Balaban J connectivity index is 1.35. The van der Waals surface area contributed by atoms with Gasteiger partial charge in [0, 0.05) is 41.6 Å². The molecular formula is C19H17N5OS. The second-order valence-electron chi connectivity index (χ2n) is 5.73. The molecule has 1 aromatic carbocycles. The summed E-state index contributed by atoms with van der Waals surface area (Å²) < 4.78 is 3.57. The first-order valence-electron chi connectivity index (χ1n) is 8.24. The fourth-order valence-electron chi connectivity index (χ4n) is 2.65. The molecular weight excluding hydrogens is 346 g/mol. The van der Waals surface area contributed by atoms with E-state index in [2.05, 4.69) is 20.9 Å². The van der Waals surface area contributed by atoms with Crippen molar-refractivity contribution in [2.75, 3.05) is 6.54 Å². The fraction of sp³-hybridized carbons (Fsp3) is 0.105. The average molecular weight is 363 g/mol. The van der Waals surface area contributed by atoms with E-state index in [-0.39, 0.29) is 5.91 Å². The largest absolute Gasteiger partial charge is 0.350 e. The molecule has 130 valence electrons. The standard InChI is InChI=1S/C19H17N5OS/c25-19(15-3-1-4-17(13-15)24-9-2-7-21-24)20-8-11-23-10-5-18(22-23)16-6-12-26-14-16/h1-7,9-10,12-14H,8,11H2,(H,20,25). The Morgan fingerprint density at radius 1 is 1.15 bits per heavy atom. The third-order valence-corrected chi connectivity index (χ3v) is 4.64. The van der Waals surface area contributed by atoms with E-state index in [0.29, 0.717) is 18.7 Å². The van der Waals surface area contributed by atoms with Gasteiger partial charge in [0.05, 0.1) is 17.9 Å². The van der Waals surface area contributed by atoms with E-state index in [1.165, 1.54) is 0 Å². The Labute approximate surface area is 154 Å². The second kappa shape index (κ2) is 7.37. The molecule has 6 nitrogen and oxygen atoms in total. The Kier molecular flexibility index (Phi) is 4.61. The number of hydrogen-bond acceptors (Lipinski definition) is 4. The lowest BCUT2D eigenvalue weighted by atomic mass is 10.2. The summed E-state index contributed by atoms with van der Waals surface area (Å²) in [5, 5.41) is 15.8. The maximum absolute atomic E-state index is 12.4. The molecule has 0 bridgehead atoms. The van der Waals surface area contributed by atoms with E-state index in [1.807, 2.05) is 58.9 Å². The van der Waals surface area contributed by atoms with Gasteiger partial charge in [0.1, 0.15) is 0 Å². The number of amides is 1. The van der Waals surface area contributed by atoms with E-state index < -0.39 is 0 Å². The summed E-state index contributed by atoms with van der Waals surface area (Å²) in [6, 6.07) is 13.3. The predicted molar refractivity (Wildman–Crippen MR) is 101 cm³/mol. The summed E-state index contributed by atoms with van der Waals surface area (Å²) in [4.78, 5) is 12.4. The molecule has 0 aliphatic rings. The average Bonchev–Trinajstić information content (AvgIpc) is 3.43. The number of rotatable bonds is 6. The molecule has 0 fully saturated rings. The highest BCUT2D eigenvalue weighted by Gasteiger charge is 2.07. The maximum atomic E-state index is 12.4. The number of hydrogen-bond donors (Lipinski definition) is 1. The lowest BCUT2D eigenvalue weighted by molar-refractivity contribution is 0.0952. The van der Waals surface area contributed by atoms with Crippen LogP contribution in [0.3, 0.4) is 0 Å². The van der Waals surface area contributed by atoms with Crippen molar-refractivity contribution in [2.45, 2.75) is 6.54 Å². The zero-order chi connectivity index (χ0) is 17.8. The predicted octanol–water partition coefficient (Wildman–Crippen LogP) is 3.23. The lowest BCUT2D eigenvalue weighted by Gasteiger charge is -2.07. The van der Waals surface area contributed by atoms with Crippen molar-refractivity contribution in [3.05, 3.63) is 77.4 Å². The Hall–Kier alpha value is -3.19. The van der Waals surface area contributed by atoms with Crippen LogP contribution in [0.2, 0.25) is 0 Å². The van der Waals surface area contributed by atoms with Gasteiger partial charge in [-0.2, -0.15) is 21.5 Å². The van der Waals surface area contributed by atoms with Gasteiger partial charge in [-0.05, 0) is 41.8 Å². The van der Waals surface area contributed by atoms with Crippen molar-refractivity contribution in [3.63, 3.8) is 0 Å². The van der Waals surface area contributed by atoms with E-state index >= 15 is 0 Å². The number of nitrogens with zero attached hydrogens (tertiary/aromatic N) is 4. The van der Waals surface area contributed by atoms with Gasteiger partial charge in [0.25, 0.3) is 5.91 Å². The quantitative estimate of drug-likeness (QED) is 0.572. The molecule has 0 aliphatic heterocycles. The molecule has 7 heteroatoms. The maximum Gasteiger partial charge on any atom is 0.251 e. The minimum absolute atomic E-state index is 0.107. The molecule has 3 heterocycles. The van der Waals surface area contributed by atoms with Crippen LogP contribution in [0.15, 0.2) is 71.8 Å². The molecule has 0 saturated carbocycles. The summed E-state index contributed by atoms with van der Waals surface area (Å²) in [5.41, 5.74) is 3.53. The molecule has 0 atom stereocenters. The first-order chi connectivity index (χ1) is 12.8. The molecule has 1 N–H and O–H groups in total.